The van der Waals surface area contributed by atoms with Gasteiger partial charge in [0, 0.05) is 51.9 Å². The first-order valence-electron chi connectivity index (χ1n) is 9.24. The predicted octanol–water partition coefficient (Wildman–Crippen LogP) is 2.14. The summed E-state index contributed by atoms with van der Waals surface area (Å²) in [7, 11) is 3.55. The highest BCUT2D eigenvalue weighted by atomic mass is 16.5. The number of hydrogen-bond donors (Lipinski definition) is 1. The van der Waals surface area contributed by atoms with Gasteiger partial charge in [-0.1, -0.05) is 0 Å². The first-order valence-corrected chi connectivity index (χ1v) is 9.24. The Morgan fingerprint density at radius 3 is 2.29 bits per heavy atom. The van der Waals surface area contributed by atoms with E-state index in [1.807, 2.05) is 0 Å². The van der Waals surface area contributed by atoms with Gasteiger partial charge in [0.2, 0.25) is 0 Å². The van der Waals surface area contributed by atoms with Crippen molar-refractivity contribution in [3.8, 4) is 11.5 Å². The molecule has 0 spiro atoms. The molecule has 0 unspecified atom stereocenters. The van der Waals surface area contributed by atoms with E-state index in [4.69, 9.17) is 9.47 Å². The van der Waals surface area contributed by atoms with E-state index in [0.29, 0.717) is 0 Å². The summed E-state index contributed by atoms with van der Waals surface area (Å²) >= 11 is 0. The van der Waals surface area contributed by atoms with Crippen molar-refractivity contribution >= 4 is 5.69 Å². The molecule has 24 heavy (non-hydrogen) atoms. The lowest BCUT2D eigenvalue weighted by atomic mass is 10.1. The van der Waals surface area contributed by atoms with Gasteiger partial charge in [0.05, 0.1) is 19.9 Å². The zero-order chi connectivity index (χ0) is 16.8. The molecule has 1 aromatic rings. The summed E-state index contributed by atoms with van der Waals surface area (Å²) in [6, 6.07) is 4.36. The molecular weight excluding hydrogens is 302 g/mol. The smallest absolute Gasteiger partial charge is 0.142 e. The van der Waals surface area contributed by atoms with Crippen LogP contribution in [-0.2, 0) is 6.42 Å². The second-order valence-corrected chi connectivity index (χ2v) is 6.73. The predicted molar refractivity (Wildman–Crippen MR) is 98.6 cm³/mol. The Balaban J connectivity index is 1.75. The summed E-state index contributed by atoms with van der Waals surface area (Å²) < 4.78 is 11.4. The minimum atomic E-state index is 0.980. The molecule has 1 aromatic carbocycles. The quantitative estimate of drug-likeness (QED) is 0.863. The monoisotopic (exact) mass is 333 g/mol. The van der Waals surface area contributed by atoms with Crippen LogP contribution in [0.2, 0.25) is 0 Å². The van der Waals surface area contributed by atoms with E-state index >= 15 is 0 Å². The highest BCUT2D eigenvalue weighted by molar-refractivity contribution is 5.64. The number of anilines is 1. The Bertz CT molecular complexity index is 524. The van der Waals surface area contributed by atoms with E-state index in [1.165, 1.54) is 30.5 Å². The van der Waals surface area contributed by atoms with Crippen LogP contribution in [-0.4, -0.2) is 64.9 Å². The van der Waals surface area contributed by atoms with Crippen LogP contribution in [0.5, 0.6) is 11.5 Å². The number of piperidine rings is 1. The summed E-state index contributed by atoms with van der Waals surface area (Å²) in [4.78, 5) is 4.95. The van der Waals surface area contributed by atoms with Gasteiger partial charge in [0.1, 0.15) is 11.5 Å². The average molecular weight is 333 g/mol. The Morgan fingerprint density at radius 1 is 0.917 bits per heavy atom. The van der Waals surface area contributed by atoms with E-state index < -0.39 is 0 Å². The molecule has 0 radical (unpaired) electrons. The van der Waals surface area contributed by atoms with Crippen LogP contribution < -0.4 is 19.7 Å². The lowest BCUT2D eigenvalue weighted by Crippen LogP contribution is -2.44. The SMILES string of the molecule is COc1cc(N2CCCCC2)c(OC)cc1CCN1CCNCC1. The summed E-state index contributed by atoms with van der Waals surface area (Å²) in [5.41, 5.74) is 2.42. The van der Waals surface area contributed by atoms with Crippen LogP contribution in [0.4, 0.5) is 5.69 Å². The minimum Gasteiger partial charge on any atom is -0.496 e. The largest absolute Gasteiger partial charge is 0.496 e. The van der Waals surface area contributed by atoms with Gasteiger partial charge in [-0.05, 0) is 37.3 Å². The van der Waals surface area contributed by atoms with E-state index in [1.54, 1.807) is 14.2 Å². The molecule has 0 bridgehead atoms. The van der Waals surface area contributed by atoms with Gasteiger partial charge in [-0.15, -0.1) is 0 Å². The Labute approximate surface area is 145 Å². The number of methoxy groups -OCH3 is 2. The van der Waals surface area contributed by atoms with Crippen molar-refractivity contribution in [1.29, 1.82) is 0 Å². The van der Waals surface area contributed by atoms with Crippen LogP contribution in [0.15, 0.2) is 12.1 Å². The molecule has 5 nitrogen and oxygen atoms in total. The molecule has 134 valence electrons. The number of rotatable bonds is 6. The second-order valence-electron chi connectivity index (χ2n) is 6.73. The fraction of sp³-hybridized carbons (Fsp3) is 0.684. The number of hydrogen-bond acceptors (Lipinski definition) is 5. The van der Waals surface area contributed by atoms with Crippen molar-refractivity contribution in [2.24, 2.45) is 0 Å². The van der Waals surface area contributed by atoms with Crippen LogP contribution in [0.1, 0.15) is 24.8 Å². The van der Waals surface area contributed by atoms with Crippen molar-refractivity contribution in [3.05, 3.63) is 17.7 Å². The topological polar surface area (TPSA) is 37.0 Å². The van der Waals surface area contributed by atoms with E-state index in [-0.39, 0.29) is 0 Å². The summed E-state index contributed by atoms with van der Waals surface area (Å²) in [5, 5.41) is 3.41. The Kier molecular flexibility index (Phi) is 6.21. The van der Waals surface area contributed by atoms with Crippen molar-refractivity contribution < 1.29 is 9.47 Å². The second kappa shape index (κ2) is 8.58. The van der Waals surface area contributed by atoms with Gasteiger partial charge >= 0.3 is 0 Å². The average Bonchev–Trinajstić information content (AvgIpc) is 2.67. The molecule has 2 saturated heterocycles. The van der Waals surface area contributed by atoms with Crippen LogP contribution in [0, 0.1) is 0 Å². The van der Waals surface area contributed by atoms with Crippen molar-refractivity contribution in [3.63, 3.8) is 0 Å². The molecule has 2 heterocycles. The first kappa shape index (κ1) is 17.4. The lowest BCUT2D eigenvalue weighted by Gasteiger charge is -2.31. The van der Waals surface area contributed by atoms with Crippen LogP contribution in [0.3, 0.4) is 0 Å². The van der Waals surface area contributed by atoms with E-state index in [2.05, 4.69) is 27.2 Å². The summed E-state index contributed by atoms with van der Waals surface area (Å²) in [6.45, 7) is 7.74. The molecule has 0 aromatic heterocycles. The fourth-order valence-corrected chi connectivity index (χ4v) is 3.74. The van der Waals surface area contributed by atoms with Gasteiger partial charge < -0.3 is 24.6 Å². The third-order valence-electron chi connectivity index (χ3n) is 5.19. The van der Waals surface area contributed by atoms with E-state index in [9.17, 15) is 0 Å². The van der Waals surface area contributed by atoms with Gasteiger partial charge in [-0.2, -0.15) is 0 Å². The number of nitrogens with zero attached hydrogens (tertiary/aromatic N) is 2. The number of nitrogens with one attached hydrogen (secondary N) is 1. The molecule has 0 aliphatic carbocycles. The van der Waals surface area contributed by atoms with Gasteiger partial charge in [-0.25, -0.2) is 0 Å². The molecule has 0 saturated carbocycles. The Hall–Kier alpha value is -1.46. The highest BCUT2D eigenvalue weighted by Crippen LogP contribution is 2.37. The highest BCUT2D eigenvalue weighted by Gasteiger charge is 2.19. The summed E-state index contributed by atoms with van der Waals surface area (Å²) in [6.07, 6.45) is 4.85. The molecule has 0 atom stereocenters. The number of ether oxygens (including phenoxy) is 2. The zero-order valence-corrected chi connectivity index (χ0v) is 15.1. The number of benzene rings is 1. The molecule has 5 heteroatoms. The van der Waals surface area contributed by atoms with Crippen molar-refractivity contribution in [1.82, 2.24) is 10.2 Å². The molecule has 1 N–H and O–H groups in total. The number of piperazine rings is 1. The minimum absolute atomic E-state index is 0.980. The molecule has 3 rings (SSSR count). The summed E-state index contributed by atoms with van der Waals surface area (Å²) in [5.74, 6) is 1.97. The molecule has 2 aliphatic rings. The van der Waals surface area contributed by atoms with Gasteiger partial charge in [0.15, 0.2) is 0 Å². The van der Waals surface area contributed by atoms with Crippen LogP contribution in [0.25, 0.3) is 0 Å². The first-order chi connectivity index (χ1) is 11.8. The lowest BCUT2D eigenvalue weighted by molar-refractivity contribution is 0.243. The van der Waals surface area contributed by atoms with Gasteiger partial charge in [-0.3, -0.25) is 0 Å². The molecule has 2 fully saturated rings. The fourth-order valence-electron chi connectivity index (χ4n) is 3.74. The third-order valence-corrected chi connectivity index (χ3v) is 5.19. The maximum atomic E-state index is 5.71. The van der Waals surface area contributed by atoms with E-state index in [0.717, 1.165) is 63.7 Å². The maximum Gasteiger partial charge on any atom is 0.142 e. The van der Waals surface area contributed by atoms with Crippen molar-refractivity contribution in [2.45, 2.75) is 25.7 Å². The third kappa shape index (κ3) is 4.14. The maximum absolute atomic E-state index is 5.71. The zero-order valence-electron chi connectivity index (χ0n) is 15.1. The van der Waals surface area contributed by atoms with Gasteiger partial charge in [0.25, 0.3) is 0 Å². The molecule has 0 amide bonds. The molecule has 2 aliphatic heterocycles. The Morgan fingerprint density at radius 2 is 1.62 bits per heavy atom. The standard InChI is InChI=1S/C19H31N3O2/c1-23-18-15-17(22-9-4-3-5-10-22)19(24-2)14-16(18)6-11-21-12-7-20-8-13-21/h14-15,20H,3-13H2,1-2H3. The van der Waals surface area contributed by atoms with Crippen LogP contribution >= 0.6 is 0 Å². The van der Waals surface area contributed by atoms with Crippen molar-refractivity contribution in [2.75, 3.05) is 64.9 Å². The normalized spacial score (nSPS) is 19.3. The molecular formula is C19H31N3O2.